The summed E-state index contributed by atoms with van der Waals surface area (Å²) in [7, 11) is 0. The molecule has 0 aliphatic heterocycles. The second kappa shape index (κ2) is 5.59. The Hall–Kier alpha value is -0.680. The molecule has 0 aliphatic carbocycles. The number of nitrogens with one attached hydrogen (secondary N) is 1. The number of hydrogen-bond acceptors (Lipinski definition) is 3. The Morgan fingerprint density at radius 3 is 2.81 bits per heavy atom. The molecule has 3 N–H and O–H groups in total. The smallest absolute Gasteiger partial charge is 0.166 e. The summed E-state index contributed by atoms with van der Waals surface area (Å²) in [5.41, 5.74) is 5.55. The predicted molar refractivity (Wildman–Crippen MR) is 67.8 cm³/mol. The van der Waals surface area contributed by atoms with E-state index in [-0.39, 0.29) is 17.1 Å². The van der Waals surface area contributed by atoms with E-state index in [0.717, 1.165) is 6.42 Å². The van der Waals surface area contributed by atoms with Crippen molar-refractivity contribution in [2.75, 3.05) is 18.4 Å². The van der Waals surface area contributed by atoms with Crippen LogP contribution >= 0.6 is 15.9 Å². The van der Waals surface area contributed by atoms with Gasteiger partial charge in [0, 0.05) is 17.2 Å². The molecule has 0 saturated carbocycles. The lowest BCUT2D eigenvalue weighted by molar-refractivity contribution is 0.364. The molecule has 0 fully saturated rings. The molecule has 0 bridgehead atoms. The molecule has 0 amide bonds. The van der Waals surface area contributed by atoms with Crippen LogP contribution in [0.25, 0.3) is 0 Å². The first-order valence-corrected chi connectivity index (χ1v) is 5.99. The van der Waals surface area contributed by atoms with Crippen LogP contribution in [0.2, 0.25) is 0 Å². The van der Waals surface area contributed by atoms with Crippen molar-refractivity contribution < 1.29 is 4.39 Å². The number of anilines is 1. The molecular formula is C11H17BrFN3. The largest absolute Gasteiger partial charge is 0.367 e. The Bertz CT molecular complexity index is 355. The summed E-state index contributed by atoms with van der Waals surface area (Å²) >= 11 is 3.16. The van der Waals surface area contributed by atoms with Gasteiger partial charge in [0.05, 0.1) is 0 Å². The highest BCUT2D eigenvalue weighted by Crippen LogP contribution is 2.21. The molecule has 0 aliphatic rings. The zero-order valence-corrected chi connectivity index (χ0v) is 11.1. The molecule has 1 heterocycles. The van der Waals surface area contributed by atoms with Crippen LogP contribution in [0.3, 0.4) is 0 Å². The van der Waals surface area contributed by atoms with Crippen molar-refractivity contribution >= 4 is 21.7 Å². The lowest BCUT2D eigenvalue weighted by atomic mass is 9.89. The Balaban J connectivity index is 2.61. The third kappa shape index (κ3) is 4.06. The van der Waals surface area contributed by atoms with Gasteiger partial charge in [0.2, 0.25) is 0 Å². The van der Waals surface area contributed by atoms with Crippen LogP contribution in [-0.4, -0.2) is 18.1 Å². The quantitative estimate of drug-likeness (QED) is 0.876. The molecule has 1 aromatic rings. The summed E-state index contributed by atoms with van der Waals surface area (Å²) in [6.07, 6.45) is 2.46. The van der Waals surface area contributed by atoms with Crippen molar-refractivity contribution in [3.63, 3.8) is 0 Å². The molecule has 0 radical (unpaired) electrons. The standard InChI is InChI=1S/C11H17BrFN3/c1-11(2,3-4-14)7-16-10-9(13)5-8(12)6-15-10/h5-6H,3-4,7,14H2,1-2H3,(H,15,16). The third-order valence-corrected chi connectivity index (χ3v) is 2.80. The van der Waals surface area contributed by atoms with E-state index in [4.69, 9.17) is 5.73 Å². The molecule has 0 spiro atoms. The summed E-state index contributed by atoms with van der Waals surface area (Å²) in [6.45, 7) is 5.45. The van der Waals surface area contributed by atoms with E-state index in [1.165, 1.54) is 6.07 Å². The second-order valence-electron chi connectivity index (χ2n) is 4.54. The summed E-state index contributed by atoms with van der Waals surface area (Å²) in [4.78, 5) is 3.98. The summed E-state index contributed by atoms with van der Waals surface area (Å²) < 4.78 is 14.1. The van der Waals surface area contributed by atoms with Crippen molar-refractivity contribution in [3.8, 4) is 0 Å². The number of pyridine rings is 1. The van der Waals surface area contributed by atoms with Gasteiger partial charge in [-0.15, -0.1) is 0 Å². The highest BCUT2D eigenvalue weighted by Gasteiger charge is 2.17. The average Bonchev–Trinajstić information content (AvgIpc) is 2.16. The van der Waals surface area contributed by atoms with E-state index in [0.29, 0.717) is 17.6 Å². The zero-order valence-electron chi connectivity index (χ0n) is 9.56. The van der Waals surface area contributed by atoms with Crippen LogP contribution in [0.4, 0.5) is 10.2 Å². The molecule has 16 heavy (non-hydrogen) atoms. The lowest BCUT2D eigenvalue weighted by Gasteiger charge is -2.24. The minimum Gasteiger partial charge on any atom is -0.367 e. The number of aromatic nitrogens is 1. The molecule has 90 valence electrons. The van der Waals surface area contributed by atoms with Gasteiger partial charge in [-0.05, 0) is 40.4 Å². The minimum atomic E-state index is -0.349. The Kier molecular flexibility index (Phi) is 4.68. The molecule has 0 saturated heterocycles. The van der Waals surface area contributed by atoms with Gasteiger partial charge in [-0.2, -0.15) is 0 Å². The predicted octanol–water partition coefficient (Wildman–Crippen LogP) is 2.77. The number of nitrogens with zero attached hydrogens (tertiary/aromatic N) is 1. The zero-order chi connectivity index (χ0) is 12.2. The van der Waals surface area contributed by atoms with Crippen LogP contribution in [0.1, 0.15) is 20.3 Å². The molecule has 1 rings (SSSR count). The van der Waals surface area contributed by atoms with Gasteiger partial charge in [-0.1, -0.05) is 13.8 Å². The van der Waals surface area contributed by atoms with Crippen LogP contribution in [0, 0.1) is 11.2 Å². The van der Waals surface area contributed by atoms with Crippen molar-refractivity contribution in [3.05, 3.63) is 22.6 Å². The summed E-state index contributed by atoms with van der Waals surface area (Å²) in [6, 6.07) is 1.39. The van der Waals surface area contributed by atoms with Crippen molar-refractivity contribution in [1.29, 1.82) is 0 Å². The van der Waals surface area contributed by atoms with Gasteiger partial charge < -0.3 is 11.1 Å². The molecule has 1 aromatic heterocycles. The Morgan fingerprint density at radius 2 is 2.25 bits per heavy atom. The average molecular weight is 290 g/mol. The van der Waals surface area contributed by atoms with E-state index in [1.807, 2.05) is 0 Å². The van der Waals surface area contributed by atoms with E-state index in [1.54, 1.807) is 6.20 Å². The van der Waals surface area contributed by atoms with E-state index >= 15 is 0 Å². The van der Waals surface area contributed by atoms with Crippen LogP contribution in [0.15, 0.2) is 16.7 Å². The fourth-order valence-corrected chi connectivity index (χ4v) is 1.65. The highest BCUT2D eigenvalue weighted by molar-refractivity contribution is 9.10. The fraction of sp³-hybridized carbons (Fsp3) is 0.545. The topological polar surface area (TPSA) is 50.9 Å². The number of halogens is 2. The summed E-state index contributed by atoms with van der Waals surface area (Å²) in [5, 5.41) is 3.00. The maximum Gasteiger partial charge on any atom is 0.166 e. The first-order valence-electron chi connectivity index (χ1n) is 5.19. The maximum atomic E-state index is 13.4. The molecule has 0 atom stereocenters. The number of rotatable bonds is 5. The van der Waals surface area contributed by atoms with E-state index < -0.39 is 0 Å². The Labute approximate surface area is 104 Å². The van der Waals surface area contributed by atoms with Gasteiger partial charge >= 0.3 is 0 Å². The van der Waals surface area contributed by atoms with Gasteiger partial charge in [0.25, 0.3) is 0 Å². The first kappa shape index (κ1) is 13.4. The van der Waals surface area contributed by atoms with Crippen molar-refractivity contribution in [2.24, 2.45) is 11.1 Å². The molecule has 0 aromatic carbocycles. The fourth-order valence-electron chi connectivity index (χ4n) is 1.35. The van der Waals surface area contributed by atoms with Gasteiger partial charge in [-0.3, -0.25) is 0 Å². The monoisotopic (exact) mass is 289 g/mol. The van der Waals surface area contributed by atoms with E-state index in [9.17, 15) is 4.39 Å². The third-order valence-electron chi connectivity index (χ3n) is 2.36. The van der Waals surface area contributed by atoms with Crippen LogP contribution in [0.5, 0.6) is 0 Å². The maximum absolute atomic E-state index is 13.4. The molecule has 0 unspecified atom stereocenters. The first-order chi connectivity index (χ1) is 7.44. The van der Waals surface area contributed by atoms with Crippen LogP contribution < -0.4 is 11.1 Å². The number of hydrogen-bond donors (Lipinski definition) is 2. The molecule has 3 nitrogen and oxygen atoms in total. The van der Waals surface area contributed by atoms with Crippen molar-refractivity contribution in [2.45, 2.75) is 20.3 Å². The highest BCUT2D eigenvalue weighted by atomic mass is 79.9. The van der Waals surface area contributed by atoms with E-state index in [2.05, 4.69) is 40.1 Å². The second-order valence-corrected chi connectivity index (χ2v) is 5.46. The van der Waals surface area contributed by atoms with Gasteiger partial charge in [-0.25, -0.2) is 9.37 Å². The van der Waals surface area contributed by atoms with Gasteiger partial charge in [0.15, 0.2) is 11.6 Å². The molecular weight excluding hydrogens is 273 g/mol. The molecule has 5 heteroatoms. The number of nitrogens with two attached hydrogens (primary N) is 1. The SMILES string of the molecule is CC(C)(CCN)CNc1ncc(Br)cc1F. The van der Waals surface area contributed by atoms with Gasteiger partial charge in [0.1, 0.15) is 0 Å². The minimum absolute atomic E-state index is 0.0376. The Morgan fingerprint density at radius 1 is 1.56 bits per heavy atom. The van der Waals surface area contributed by atoms with Crippen LogP contribution in [-0.2, 0) is 0 Å². The lowest BCUT2D eigenvalue weighted by Crippen LogP contribution is -2.26. The normalized spacial score (nSPS) is 11.6. The summed E-state index contributed by atoms with van der Waals surface area (Å²) in [5.74, 6) is -0.0637. The van der Waals surface area contributed by atoms with Crippen molar-refractivity contribution in [1.82, 2.24) is 4.98 Å².